The molecule has 1 aromatic carbocycles. The lowest BCUT2D eigenvalue weighted by atomic mass is 9.96. The van der Waals surface area contributed by atoms with Gasteiger partial charge in [0.25, 0.3) is 0 Å². The highest BCUT2D eigenvalue weighted by molar-refractivity contribution is 5.22. The molecule has 2 unspecified atom stereocenters. The molecule has 1 aromatic heterocycles. The van der Waals surface area contributed by atoms with E-state index in [1.54, 1.807) is 0 Å². The van der Waals surface area contributed by atoms with Crippen LogP contribution in [0.15, 0.2) is 34.9 Å². The standard InChI is InChI=1S/C16H23N3O2/c1-4-20-14(12-8-6-5-7-9-12)15-18-16(21-19-15)13(10-17)11(2)3/h5-9,11,13-14H,4,10,17H2,1-3H3. The summed E-state index contributed by atoms with van der Waals surface area (Å²) in [4.78, 5) is 4.52. The molecule has 0 bridgehead atoms. The average Bonchev–Trinajstić information content (AvgIpc) is 2.95. The maximum atomic E-state index is 5.80. The maximum Gasteiger partial charge on any atom is 0.231 e. The second-order valence-electron chi connectivity index (χ2n) is 5.32. The molecule has 2 rings (SSSR count). The van der Waals surface area contributed by atoms with Gasteiger partial charge >= 0.3 is 0 Å². The molecule has 0 radical (unpaired) electrons. The average molecular weight is 289 g/mol. The Hall–Kier alpha value is -1.72. The molecule has 0 aliphatic heterocycles. The zero-order valence-electron chi connectivity index (χ0n) is 12.8. The van der Waals surface area contributed by atoms with Gasteiger partial charge in [-0.1, -0.05) is 49.3 Å². The third-order valence-corrected chi connectivity index (χ3v) is 3.50. The number of nitrogens with two attached hydrogens (primary N) is 1. The van der Waals surface area contributed by atoms with E-state index in [9.17, 15) is 0 Å². The summed E-state index contributed by atoms with van der Waals surface area (Å²) >= 11 is 0. The van der Waals surface area contributed by atoms with Crippen molar-refractivity contribution in [3.8, 4) is 0 Å². The van der Waals surface area contributed by atoms with Crippen LogP contribution in [0.4, 0.5) is 0 Å². The molecule has 5 heteroatoms. The van der Waals surface area contributed by atoms with E-state index in [4.69, 9.17) is 15.0 Å². The van der Waals surface area contributed by atoms with Crippen molar-refractivity contribution < 1.29 is 9.26 Å². The molecule has 0 aliphatic carbocycles. The fraction of sp³-hybridized carbons (Fsp3) is 0.500. The predicted molar refractivity (Wildman–Crippen MR) is 80.8 cm³/mol. The van der Waals surface area contributed by atoms with E-state index in [2.05, 4.69) is 24.0 Å². The van der Waals surface area contributed by atoms with Crippen molar-refractivity contribution in [2.45, 2.75) is 32.8 Å². The molecule has 2 aromatic rings. The molecule has 0 saturated carbocycles. The van der Waals surface area contributed by atoms with Crippen molar-refractivity contribution in [2.24, 2.45) is 11.7 Å². The summed E-state index contributed by atoms with van der Waals surface area (Å²) in [6, 6.07) is 9.91. The largest absolute Gasteiger partial charge is 0.366 e. The Morgan fingerprint density at radius 2 is 1.95 bits per heavy atom. The molecule has 0 spiro atoms. The first-order valence-electron chi connectivity index (χ1n) is 7.37. The van der Waals surface area contributed by atoms with Crippen LogP contribution < -0.4 is 5.73 Å². The molecule has 0 aliphatic rings. The van der Waals surface area contributed by atoms with Gasteiger partial charge in [-0.05, 0) is 18.4 Å². The van der Waals surface area contributed by atoms with E-state index < -0.39 is 0 Å². The van der Waals surface area contributed by atoms with Gasteiger partial charge in [-0.3, -0.25) is 0 Å². The van der Waals surface area contributed by atoms with Crippen molar-refractivity contribution in [3.05, 3.63) is 47.6 Å². The van der Waals surface area contributed by atoms with Crippen molar-refractivity contribution >= 4 is 0 Å². The highest BCUT2D eigenvalue weighted by Gasteiger charge is 2.25. The Balaban J connectivity index is 2.28. The molecular weight excluding hydrogens is 266 g/mol. The lowest BCUT2D eigenvalue weighted by Gasteiger charge is -2.14. The van der Waals surface area contributed by atoms with Crippen LogP contribution in [-0.2, 0) is 4.74 Å². The summed E-state index contributed by atoms with van der Waals surface area (Å²) in [6.07, 6.45) is -0.306. The summed E-state index contributed by atoms with van der Waals surface area (Å²) in [5.41, 5.74) is 6.82. The fourth-order valence-electron chi connectivity index (χ4n) is 2.28. The minimum Gasteiger partial charge on any atom is -0.366 e. The molecule has 1 heterocycles. The number of ether oxygens (including phenoxy) is 1. The monoisotopic (exact) mass is 289 g/mol. The third kappa shape index (κ3) is 3.68. The van der Waals surface area contributed by atoms with Crippen LogP contribution in [0.2, 0.25) is 0 Å². The van der Waals surface area contributed by atoms with E-state index in [-0.39, 0.29) is 12.0 Å². The van der Waals surface area contributed by atoms with Gasteiger partial charge in [0.05, 0.1) is 5.92 Å². The van der Waals surface area contributed by atoms with E-state index in [1.807, 2.05) is 37.3 Å². The summed E-state index contributed by atoms with van der Waals surface area (Å²) in [6.45, 7) is 7.21. The van der Waals surface area contributed by atoms with E-state index in [1.165, 1.54) is 0 Å². The zero-order valence-corrected chi connectivity index (χ0v) is 12.8. The van der Waals surface area contributed by atoms with Gasteiger partial charge in [-0.2, -0.15) is 4.98 Å². The third-order valence-electron chi connectivity index (χ3n) is 3.50. The first-order chi connectivity index (χ1) is 10.2. The van der Waals surface area contributed by atoms with E-state index in [0.717, 1.165) is 5.56 Å². The van der Waals surface area contributed by atoms with Gasteiger partial charge in [0.2, 0.25) is 11.7 Å². The van der Waals surface area contributed by atoms with Gasteiger partial charge in [-0.15, -0.1) is 0 Å². The highest BCUT2D eigenvalue weighted by Crippen LogP contribution is 2.27. The van der Waals surface area contributed by atoms with Gasteiger partial charge in [-0.25, -0.2) is 0 Å². The van der Waals surface area contributed by atoms with Crippen molar-refractivity contribution in [1.82, 2.24) is 10.1 Å². The number of hydrogen-bond acceptors (Lipinski definition) is 5. The number of hydrogen-bond donors (Lipinski definition) is 1. The Labute approximate surface area is 125 Å². The summed E-state index contributed by atoms with van der Waals surface area (Å²) in [5, 5.41) is 4.10. The van der Waals surface area contributed by atoms with Gasteiger partial charge < -0.3 is 15.0 Å². The Morgan fingerprint density at radius 1 is 1.24 bits per heavy atom. The Morgan fingerprint density at radius 3 is 2.52 bits per heavy atom. The van der Waals surface area contributed by atoms with Gasteiger partial charge in [0, 0.05) is 13.2 Å². The van der Waals surface area contributed by atoms with Crippen LogP contribution in [0.1, 0.15) is 50.1 Å². The predicted octanol–water partition coefficient (Wildman–Crippen LogP) is 2.89. The molecule has 114 valence electrons. The molecular formula is C16H23N3O2. The van der Waals surface area contributed by atoms with Crippen LogP contribution >= 0.6 is 0 Å². The van der Waals surface area contributed by atoms with Gasteiger partial charge in [0.1, 0.15) is 6.10 Å². The molecule has 2 atom stereocenters. The van der Waals surface area contributed by atoms with Crippen molar-refractivity contribution in [2.75, 3.05) is 13.2 Å². The van der Waals surface area contributed by atoms with E-state index in [0.29, 0.717) is 30.8 Å². The molecule has 21 heavy (non-hydrogen) atoms. The van der Waals surface area contributed by atoms with E-state index >= 15 is 0 Å². The number of aromatic nitrogens is 2. The SMILES string of the molecule is CCOC(c1ccccc1)c1noc(C(CN)C(C)C)n1. The van der Waals surface area contributed by atoms with Gasteiger partial charge in [0.15, 0.2) is 0 Å². The second-order valence-corrected chi connectivity index (χ2v) is 5.32. The Kier molecular flexibility index (Phi) is 5.47. The minimum atomic E-state index is -0.306. The zero-order chi connectivity index (χ0) is 15.2. The maximum absolute atomic E-state index is 5.80. The molecule has 5 nitrogen and oxygen atoms in total. The number of benzene rings is 1. The first-order valence-corrected chi connectivity index (χ1v) is 7.37. The summed E-state index contributed by atoms with van der Waals surface area (Å²) < 4.78 is 11.2. The topological polar surface area (TPSA) is 74.2 Å². The summed E-state index contributed by atoms with van der Waals surface area (Å²) in [7, 11) is 0. The smallest absolute Gasteiger partial charge is 0.231 e. The minimum absolute atomic E-state index is 0.0734. The lowest BCUT2D eigenvalue weighted by molar-refractivity contribution is 0.0833. The van der Waals surface area contributed by atoms with Crippen molar-refractivity contribution in [1.29, 1.82) is 0 Å². The number of nitrogens with zero attached hydrogens (tertiary/aromatic N) is 2. The highest BCUT2D eigenvalue weighted by atomic mass is 16.5. The second kappa shape index (κ2) is 7.33. The van der Waals surface area contributed by atoms with Crippen molar-refractivity contribution in [3.63, 3.8) is 0 Å². The fourth-order valence-corrected chi connectivity index (χ4v) is 2.28. The summed E-state index contributed by atoms with van der Waals surface area (Å²) in [5.74, 6) is 1.56. The Bertz CT molecular complexity index is 539. The lowest BCUT2D eigenvalue weighted by Crippen LogP contribution is -2.18. The van der Waals surface area contributed by atoms with Crippen LogP contribution in [0.25, 0.3) is 0 Å². The quantitative estimate of drug-likeness (QED) is 0.848. The molecule has 0 fully saturated rings. The molecule has 0 saturated heterocycles. The van der Waals surface area contributed by atoms with Crippen LogP contribution in [0.3, 0.4) is 0 Å². The van der Waals surface area contributed by atoms with Crippen LogP contribution in [0, 0.1) is 5.92 Å². The molecule has 0 amide bonds. The van der Waals surface area contributed by atoms with Crippen LogP contribution in [0.5, 0.6) is 0 Å². The normalized spacial score (nSPS) is 14.3. The number of rotatable bonds is 7. The van der Waals surface area contributed by atoms with Crippen LogP contribution in [-0.4, -0.2) is 23.3 Å². The molecule has 2 N–H and O–H groups in total. The first kappa shape index (κ1) is 15.7.